The standard InChI is InChI=1S/C10H7Cl2N3O/c11-5-1-2-7(12)6(3-5)9-4-8(13)10(16)15-14-9/h1-4H,(H2,13,14)(H,15,16). The van der Waals surface area contributed by atoms with Crippen LogP contribution in [0, 0.1) is 0 Å². The molecule has 3 N–H and O–H groups in total. The third kappa shape index (κ3) is 2.03. The monoisotopic (exact) mass is 255 g/mol. The number of H-pyrrole nitrogens is 1. The number of aromatic amines is 1. The van der Waals surface area contributed by atoms with E-state index in [4.69, 9.17) is 28.9 Å². The predicted octanol–water partition coefficient (Wildman–Crippen LogP) is 2.33. The summed E-state index contributed by atoms with van der Waals surface area (Å²) in [6.45, 7) is 0. The van der Waals surface area contributed by atoms with Gasteiger partial charge in [0, 0.05) is 10.6 Å². The van der Waals surface area contributed by atoms with Crippen molar-refractivity contribution in [3.8, 4) is 11.3 Å². The second-order valence-corrected chi connectivity index (χ2v) is 4.01. The molecule has 0 saturated carbocycles. The Hall–Kier alpha value is -1.52. The highest BCUT2D eigenvalue weighted by Crippen LogP contribution is 2.28. The van der Waals surface area contributed by atoms with Crippen molar-refractivity contribution < 1.29 is 0 Å². The van der Waals surface area contributed by atoms with Gasteiger partial charge in [0.1, 0.15) is 5.69 Å². The molecule has 1 aromatic heterocycles. The van der Waals surface area contributed by atoms with Crippen molar-refractivity contribution in [2.75, 3.05) is 5.73 Å². The summed E-state index contributed by atoms with van der Waals surface area (Å²) in [5, 5.41) is 7.15. The van der Waals surface area contributed by atoms with E-state index in [0.717, 1.165) is 0 Å². The number of nitrogen functional groups attached to an aromatic ring is 1. The van der Waals surface area contributed by atoms with Gasteiger partial charge in [0.05, 0.1) is 10.7 Å². The van der Waals surface area contributed by atoms with Crippen LogP contribution in [0.5, 0.6) is 0 Å². The maximum Gasteiger partial charge on any atom is 0.287 e. The van der Waals surface area contributed by atoms with Gasteiger partial charge in [-0.1, -0.05) is 23.2 Å². The molecule has 0 spiro atoms. The Balaban J connectivity index is 2.62. The van der Waals surface area contributed by atoms with Gasteiger partial charge in [0.25, 0.3) is 5.56 Å². The maximum absolute atomic E-state index is 11.1. The van der Waals surface area contributed by atoms with E-state index in [1.807, 2.05) is 0 Å². The van der Waals surface area contributed by atoms with Crippen molar-refractivity contribution >= 4 is 28.9 Å². The van der Waals surface area contributed by atoms with Crippen molar-refractivity contribution in [1.82, 2.24) is 10.2 Å². The number of nitrogens with zero attached hydrogens (tertiary/aromatic N) is 1. The van der Waals surface area contributed by atoms with E-state index in [0.29, 0.717) is 21.3 Å². The Morgan fingerprint density at radius 2 is 2.00 bits per heavy atom. The second-order valence-electron chi connectivity index (χ2n) is 3.16. The number of hydrogen-bond acceptors (Lipinski definition) is 3. The number of hydrogen-bond donors (Lipinski definition) is 2. The number of aromatic nitrogens is 2. The second kappa shape index (κ2) is 4.15. The molecule has 0 fully saturated rings. The van der Waals surface area contributed by atoms with Crippen LogP contribution in [0.1, 0.15) is 0 Å². The van der Waals surface area contributed by atoms with Gasteiger partial charge >= 0.3 is 0 Å². The van der Waals surface area contributed by atoms with Gasteiger partial charge in [0.15, 0.2) is 0 Å². The third-order valence-electron chi connectivity index (χ3n) is 2.04. The number of nitrogens with two attached hydrogens (primary N) is 1. The first-order valence-corrected chi connectivity index (χ1v) is 5.14. The molecule has 82 valence electrons. The Morgan fingerprint density at radius 3 is 2.69 bits per heavy atom. The maximum atomic E-state index is 11.1. The van der Waals surface area contributed by atoms with Crippen LogP contribution in [0.4, 0.5) is 5.69 Å². The van der Waals surface area contributed by atoms with Gasteiger partial charge in [-0.2, -0.15) is 5.10 Å². The Bertz CT molecular complexity index is 595. The summed E-state index contributed by atoms with van der Waals surface area (Å²) in [7, 11) is 0. The highest BCUT2D eigenvalue weighted by Gasteiger charge is 2.07. The van der Waals surface area contributed by atoms with Crippen LogP contribution in [0.2, 0.25) is 10.0 Å². The fourth-order valence-corrected chi connectivity index (χ4v) is 1.64. The summed E-state index contributed by atoms with van der Waals surface area (Å²) >= 11 is 11.8. The summed E-state index contributed by atoms with van der Waals surface area (Å²) in [6.07, 6.45) is 0. The van der Waals surface area contributed by atoms with Crippen LogP contribution in [-0.4, -0.2) is 10.2 Å². The predicted molar refractivity (Wildman–Crippen MR) is 64.7 cm³/mol. The number of rotatable bonds is 1. The van der Waals surface area contributed by atoms with E-state index >= 15 is 0 Å². The lowest BCUT2D eigenvalue weighted by atomic mass is 10.1. The van der Waals surface area contributed by atoms with Gasteiger partial charge in [-0.15, -0.1) is 0 Å². The topological polar surface area (TPSA) is 71.8 Å². The first-order valence-electron chi connectivity index (χ1n) is 4.38. The van der Waals surface area contributed by atoms with Gasteiger partial charge < -0.3 is 5.73 Å². The molecule has 0 radical (unpaired) electrons. The summed E-state index contributed by atoms with van der Waals surface area (Å²) in [6, 6.07) is 6.44. The molecular weight excluding hydrogens is 249 g/mol. The molecule has 2 aromatic rings. The van der Waals surface area contributed by atoms with E-state index < -0.39 is 5.56 Å². The van der Waals surface area contributed by atoms with Crippen LogP contribution in [-0.2, 0) is 0 Å². The van der Waals surface area contributed by atoms with Crippen LogP contribution in [0.25, 0.3) is 11.3 Å². The van der Waals surface area contributed by atoms with E-state index in [9.17, 15) is 4.79 Å². The van der Waals surface area contributed by atoms with Crippen LogP contribution >= 0.6 is 23.2 Å². The first kappa shape index (κ1) is 11.0. The molecule has 0 aliphatic rings. The zero-order chi connectivity index (χ0) is 11.7. The SMILES string of the molecule is Nc1cc(-c2cc(Cl)ccc2Cl)n[nH]c1=O. The average molecular weight is 256 g/mol. The molecular formula is C10H7Cl2N3O. The minimum atomic E-state index is -0.429. The van der Waals surface area contributed by atoms with Crippen molar-refractivity contribution in [3.05, 3.63) is 44.7 Å². The van der Waals surface area contributed by atoms with Crippen LogP contribution < -0.4 is 11.3 Å². The average Bonchev–Trinajstić information content (AvgIpc) is 2.26. The van der Waals surface area contributed by atoms with Gasteiger partial charge in [0.2, 0.25) is 0 Å². The quantitative estimate of drug-likeness (QED) is 0.822. The molecule has 0 aliphatic heterocycles. The summed E-state index contributed by atoms with van der Waals surface area (Å²) in [5.74, 6) is 0. The zero-order valence-electron chi connectivity index (χ0n) is 8.00. The Labute approximate surface area is 101 Å². The minimum Gasteiger partial charge on any atom is -0.394 e. The summed E-state index contributed by atoms with van der Waals surface area (Å²) in [4.78, 5) is 11.1. The summed E-state index contributed by atoms with van der Waals surface area (Å²) < 4.78 is 0. The fourth-order valence-electron chi connectivity index (χ4n) is 1.25. The van der Waals surface area contributed by atoms with E-state index in [2.05, 4.69) is 10.2 Å². The van der Waals surface area contributed by atoms with Crippen LogP contribution in [0.15, 0.2) is 29.1 Å². The van der Waals surface area contributed by atoms with Crippen molar-refractivity contribution in [2.24, 2.45) is 0 Å². The number of anilines is 1. The molecule has 1 aromatic carbocycles. The normalized spacial score (nSPS) is 10.4. The van der Waals surface area contributed by atoms with Crippen molar-refractivity contribution in [1.29, 1.82) is 0 Å². The molecule has 0 amide bonds. The third-order valence-corrected chi connectivity index (χ3v) is 2.60. The number of benzene rings is 1. The molecule has 2 rings (SSSR count). The molecule has 16 heavy (non-hydrogen) atoms. The Kier molecular flexibility index (Phi) is 2.85. The molecule has 0 unspecified atom stereocenters. The zero-order valence-corrected chi connectivity index (χ0v) is 9.51. The molecule has 4 nitrogen and oxygen atoms in total. The molecule has 0 saturated heterocycles. The van der Waals surface area contributed by atoms with Gasteiger partial charge in [-0.3, -0.25) is 4.79 Å². The summed E-state index contributed by atoms with van der Waals surface area (Å²) in [5.41, 5.74) is 6.24. The highest BCUT2D eigenvalue weighted by molar-refractivity contribution is 6.35. The molecule has 1 heterocycles. The molecule has 6 heteroatoms. The smallest absolute Gasteiger partial charge is 0.287 e. The lowest BCUT2D eigenvalue weighted by molar-refractivity contribution is 1.000. The molecule has 0 aliphatic carbocycles. The van der Waals surface area contributed by atoms with Crippen molar-refractivity contribution in [3.63, 3.8) is 0 Å². The van der Waals surface area contributed by atoms with E-state index in [-0.39, 0.29) is 5.69 Å². The van der Waals surface area contributed by atoms with E-state index in [1.54, 1.807) is 18.2 Å². The Morgan fingerprint density at radius 1 is 1.25 bits per heavy atom. The number of nitrogens with one attached hydrogen (secondary N) is 1. The van der Waals surface area contributed by atoms with Crippen LogP contribution in [0.3, 0.4) is 0 Å². The highest BCUT2D eigenvalue weighted by atomic mass is 35.5. The molecule has 0 bridgehead atoms. The van der Waals surface area contributed by atoms with Gasteiger partial charge in [-0.05, 0) is 24.3 Å². The lowest BCUT2D eigenvalue weighted by Crippen LogP contribution is -2.13. The largest absolute Gasteiger partial charge is 0.394 e. The lowest BCUT2D eigenvalue weighted by Gasteiger charge is -2.04. The first-order chi connectivity index (χ1) is 7.58. The van der Waals surface area contributed by atoms with E-state index in [1.165, 1.54) is 6.07 Å². The molecule has 0 atom stereocenters. The number of halogens is 2. The fraction of sp³-hybridized carbons (Fsp3) is 0. The van der Waals surface area contributed by atoms with Gasteiger partial charge in [-0.25, -0.2) is 5.10 Å². The van der Waals surface area contributed by atoms with Crippen molar-refractivity contribution in [2.45, 2.75) is 0 Å². The minimum absolute atomic E-state index is 0.0843.